The Morgan fingerprint density at radius 3 is 2.25 bits per heavy atom. The second-order valence-electron chi connectivity index (χ2n) is 1.71. The molecule has 0 N–H and O–H groups in total. The van der Waals surface area contributed by atoms with Crippen LogP contribution in [0.25, 0.3) is 0 Å². The maximum atomic E-state index is 10.3. The zero-order valence-electron chi connectivity index (χ0n) is 6.65. The van der Waals surface area contributed by atoms with E-state index in [1.165, 1.54) is 0 Å². The van der Waals surface area contributed by atoms with E-state index < -0.39 is 0 Å². The predicted octanol–water partition coefficient (Wildman–Crippen LogP) is 1.51. The van der Waals surface area contributed by atoms with Gasteiger partial charge in [-0.05, 0) is 0 Å². The Balaban J connectivity index is 0. The van der Waals surface area contributed by atoms with Crippen molar-refractivity contribution >= 4 is 20.1 Å². The molecule has 0 amide bonds. The first-order chi connectivity index (χ1) is 4.88. The van der Waals surface area contributed by atoms with Crippen molar-refractivity contribution in [2.24, 2.45) is 0 Å². The number of benzene rings is 1. The van der Waals surface area contributed by atoms with Gasteiger partial charge in [0.2, 0.25) is 0 Å². The van der Waals surface area contributed by atoms with Crippen molar-refractivity contribution in [3.05, 3.63) is 37.3 Å². The van der Waals surface area contributed by atoms with E-state index in [-0.39, 0.29) is 48.6 Å². The quantitative estimate of drug-likeness (QED) is 0.593. The van der Waals surface area contributed by atoms with Crippen LogP contribution in [0.15, 0.2) is 24.3 Å². The Morgan fingerprint density at radius 2 is 1.83 bits per heavy atom. The van der Waals surface area contributed by atoms with Crippen LogP contribution in [0.2, 0.25) is 0 Å². The fourth-order valence-corrected chi connectivity index (χ4v) is 1.01. The Kier molecular flexibility index (Phi) is 9.41. The van der Waals surface area contributed by atoms with Gasteiger partial charge in [-0.1, -0.05) is 11.4 Å². The van der Waals surface area contributed by atoms with Gasteiger partial charge in [-0.3, -0.25) is 4.57 Å². The summed E-state index contributed by atoms with van der Waals surface area (Å²) in [5, 5.41) is 0.484. The summed E-state index contributed by atoms with van der Waals surface area (Å²) >= 11 is 0. The molecular formula is C8H7O2PY-2. The number of rotatable bonds is 2. The molecule has 61 valence electrons. The van der Waals surface area contributed by atoms with Crippen molar-refractivity contribution in [3.63, 3.8) is 0 Å². The number of carbonyl (C=O) groups excluding carboxylic acids is 1. The fourth-order valence-electron chi connectivity index (χ4n) is 0.640. The molecule has 0 bridgehead atoms. The maximum absolute atomic E-state index is 10.3. The molecule has 1 radical (unpaired) electrons. The van der Waals surface area contributed by atoms with Gasteiger partial charge in [0.25, 0.3) is 0 Å². The third kappa shape index (κ3) is 3.66. The van der Waals surface area contributed by atoms with Crippen LogP contribution < -0.4 is 5.30 Å². The van der Waals surface area contributed by atoms with Gasteiger partial charge in [-0.2, -0.15) is 6.07 Å². The Labute approximate surface area is 98.8 Å². The molecule has 4 heteroatoms. The van der Waals surface area contributed by atoms with Crippen molar-refractivity contribution in [2.75, 3.05) is 0 Å². The standard InChI is InChI=1S/C7H4O2P.CH3.Y/c8-5-6-3-1-2-4-7(6)10-9;;/h1-4H;1H3;/q2*-1;. The van der Waals surface area contributed by atoms with Crippen LogP contribution in [-0.4, -0.2) is 6.29 Å². The minimum absolute atomic E-state index is 0. The Hall–Kier alpha value is 0.0939. The SMILES string of the molecule is O=[C-]c1ccccc1P=O.[CH3-].[Y]. The van der Waals surface area contributed by atoms with E-state index in [4.69, 9.17) is 0 Å². The second kappa shape index (κ2) is 7.73. The Morgan fingerprint density at radius 1 is 1.25 bits per heavy atom. The molecular weight excluding hydrogens is 248 g/mol. The van der Waals surface area contributed by atoms with E-state index in [0.29, 0.717) is 10.9 Å². The smallest absolute Gasteiger partial charge is 0.123 e. The third-order valence-electron chi connectivity index (χ3n) is 1.11. The van der Waals surface area contributed by atoms with E-state index in [0.717, 1.165) is 0 Å². The molecule has 0 saturated heterocycles. The van der Waals surface area contributed by atoms with E-state index in [1.54, 1.807) is 30.6 Å². The molecule has 0 unspecified atom stereocenters. The van der Waals surface area contributed by atoms with Crippen molar-refractivity contribution in [2.45, 2.75) is 0 Å². The summed E-state index contributed by atoms with van der Waals surface area (Å²) < 4.78 is 10.3. The molecule has 1 rings (SSSR count). The van der Waals surface area contributed by atoms with Crippen molar-refractivity contribution < 1.29 is 42.1 Å². The average Bonchev–Trinajstić information content (AvgIpc) is 2.04. The Bertz CT molecular complexity index is 236. The second-order valence-corrected chi connectivity index (χ2v) is 2.37. The summed E-state index contributed by atoms with van der Waals surface area (Å²) in [4.78, 5) is 10.1. The molecule has 0 aliphatic rings. The van der Waals surface area contributed by atoms with Crippen LogP contribution in [0.5, 0.6) is 0 Å². The predicted molar refractivity (Wildman–Crippen MR) is 44.9 cm³/mol. The molecule has 0 heterocycles. The first-order valence-corrected chi connectivity index (χ1v) is 3.50. The molecule has 0 saturated carbocycles. The van der Waals surface area contributed by atoms with Gasteiger partial charge in [0.15, 0.2) is 0 Å². The first kappa shape index (κ1) is 14.6. The average molecular weight is 255 g/mol. The normalized spacial score (nSPS) is 8.00. The summed E-state index contributed by atoms with van der Waals surface area (Å²) in [6.45, 7) is 0. The van der Waals surface area contributed by atoms with Crippen LogP contribution in [0.3, 0.4) is 0 Å². The van der Waals surface area contributed by atoms with Crippen LogP contribution in [-0.2, 0) is 42.1 Å². The summed E-state index contributed by atoms with van der Waals surface area (Å²) in [6, 6.07) is 6.62. The third-order valence-corrected chi connectivity index (χ3v) is 1.70. The van der Waals surface area contributed by atoms with Gasteiger partial charge in [0.1, 0.15) is 8.46 Å². The van der Waals surface area contributed by atoms with E-state index >= 15 is 0 Å². The molecule has 0 aliphatic heterocycles. The summed E-state index contributed by atoms with van der Waals surface area (Å²) in [7, 11) is -0.135. The van der Waals surface area contributed by atoms with E-state index in [9.17, 15) is 9.36 Å². The van der Waals surface area contributed by atoms with Gasteiger partial charge in [-0.15, -0.1) is 17.7 Å². The van der Waals surface area contributed by atoms with Crippen LogP contribution in [0, 0.1) is 7.43 Å². The molecule has 2 nitrogen and oxygen atoms in total. The topological polar surface area (TPSA) is 34.1 Å². The molecule has 0 atom stereocenters. The van der Waals surface area contributed by atoms with E-state index in [1.807, 2.05) is 0 Å². The van der Waals surface area contributed by atoms with Gasteiger partial charge in [0.05, 0.1) is 6.29 Å². The van der Waals surface area contributed by atoms with E-state index in [2.05, 4.69) is 0 Å². The van der Waals surface area contributed by atoms with Crippen molar-refractivity contribution in [1.82, 2.24) is 0 Å². The maximum Gasteiger partial charge on any atom is 0.123 e. The van der Waals surface area contributed by atoms with Gasteiger partial charge in [0, 0.05) is 32.7 Å². The summed E-state index contributed by atoms with van der Waals surface area (Å²) in [5.41, 5.74) is 0.360. The first-order valence-electron chi connectivity index (χ1n) is 2.69. The molecule has 1 aromatic rings. The van der Waals surface area contributed by atoms with Crippen LogP contribution >= 0.6 is 8.46 Å². The zero-order valence-corrected chi connectivity index (χ0v) is 10.4. The van der Waals surface area contributed by atoms with Crippen molar-refractivity contribution in [3.8, 4) is 0 Å². The molecule has 0 aromatic heterocycles. The number of hydrogen-bond donors (Lipinski definition) is 0. The van der Waals surface area contributed by atoms with Crippen LogP contribution in [0.4, 0.5) is 0 Å². The fraction of sp³-hybridized carbons (Fsp3) is 0. The van der Waals surface area contributed by atoms with Gasteiger partial charge in [-0.25, -0.2) is 0 Å². The summed E-state index contributed by atoms with van der Waals surface area (Å²) in [6.07, 6.45) is 1.69. The van der Waals surface area contributed by atoms with Gasteiger partial charge >= 0.3 is 0 Å². The van der Waals surface area contributed by atoms with Crippen molar-refractivity contribution in [1.29, 1.82) is 0 Å². The zero-order chi connectivity index (χ0) is 7.40. The molecule has 0 fully saturated rings. The monoisotopic (exact) mass is 255 g/mol. The number of hydrogen-bond acceptors (Lipinski definition) is 2. The molecule has 0 spiro atoms. The minimum Gasteiger partial charge on any atom is -0.376 e. The minimum atomic E-state index is -0.135. The largest absolute Gasteiger partial charge is 0.376 e. The molecule has 0 aliphatic carbocycles. The summed E-state index contributed by atoms with van der Waals surface area (Å²) in [5.74, 6) is 0. The molecule has 12 heavy (non-hydrogen) atoms. The van der Waals surface area contributed by atoms with Gasteiger partial charge < -0.3 is 12.2 Å². The van der Waals surface area contributed by atoms with Crippen LogP contribution in [0.1, 0.15) is 5.56 Å². The molecule has 1 aromatic carbocycles.